The molecule has 1 aromatic carbocycles. The highest BCUT2D eigenvalue weighted by molar-refractivity contribution is 5.70. The van der Waals surface area contributed by atoms with Crippen molar-refractivity contribution in [3.63, 3.8) is 0 Å². The maximum atomic E-state index is 3.33. The van der Waals surface area contributed by atoms with E-state index in [0.717, 1.165) is 6.54 Å². The molecule has 2 heterocycles. The van der Waals surface area contributed by atoms with Crippen LogP contribution in [0.1, 0.15) is 19.3 Å². The Hall–Kier alpha value is -0.770. The lowest BCUT2D eigenvalue weighted by Gasteiger charge is -2.22. The number of fused-ring (bicyclic) bond motifs is 1. The van der Waals surface area contributed by atoms with Gasteiger partial charge < -0.3 is 29.7 Å². The van der Waals surface area contributed by atoms with Gasteiger partial charge in [-0.1, -0.05) is 12.1 Å². The number of benzene rings is 1. The van der Waals surface area contributed by atoms with Crippen LogP contribution in [0.25, 0.3) is 11.0 Å². The average Bonchev–Trinajstić information content (AvgIpc) is 2.81. The van der Waals surface area contributed by atoms with Gasteiger partial charge in [-0.15, -0.1) is 0 Å². The first-order chi connectivity index (χ1) is 8.43. The molecule has 0 atom stereocenters. The standard InChI is InChI=1S/C14H19N3.2ClH/c1-4-8-16(9-5-1)10-11-17-12-15-13-6-2-3-7-14(13)17;;/h2-3,6-7,12H,1,4-5,8-11H2;2*1H. The highest BCUT2D eigenvalue weighted by atomic mass is 35.5. The van der Waals surface area contributed by atoms with Crippen LogP contribution in [0.2, 0.25) is 0 Å². The van der Waals surface area contributed by atoms with Crippen LogP contribution in [0.4, 0.5) is 0 Å². The molecule has 1 fully saturated rings. The van der Waals surface area contributed by atoms with Crippen LogP contribution in [0.3, 0.4) is 0 Å². The van der Waals surface area contributed by atoms with E-state index in [1.807, 2.05) is 0 Å². The van der Waals surface area contributed by atoms with Gasteiger partial charge in [0.2, 0.25) is 6.33 Å². The number of hydrogen-bond acceptors (Lipinski definition) is 0. The van der Waals surface area contributed by atoms with Gasteiger partial charge in [0.1, 0.15) is 13.1 Å². The van der Waals surface area contributed by atoms with Gasteiger partial charge >= 0.3 is 0 Å². The number of aromatic nitrogens is 2. The smallest absolute Gasteiger partial charge is 0.242 e. The van der Waals surface area contributed by atoms with Crippen LogP contribution in [-0.4, -0.2) is 24.6 Å². The molecule has 3 rings (SSSR count). The van der Waals surface area contributed by atoms with Gasteiger partial charge in [0, 0.05) is 0 Å². The Bertz CT molecular complexity index is 492. The molecule has 0 bridgehead atoms. The second-order valence-corrected chi connectivity index (χ2v) is 5.04. The summed E-state index contributed by atoms with van der Waals surface area (Å²) in [5.74, 6) is 0. The predicted molar refractivity (Wildman–Crippen MR) is 67.9 cm³/mol. The molecule has 0 aliphatic carbocycles. The molecule has 19 heavy (non-hydrogen) atoms. The lowest BCUT2D eigenvalue weighted by atomic mass is 10.1. The van der Waals surface area contributed by atoms with Crippen molar-refractivity contribution >= 4 is 11.0 Å². The molecule has 0 amide bonds. The fraction of sp³-hybridized carbons (Fsp3) is 0.500. The summed E-state index contributed by atoms with van der Waals surface area (Å²) in [6.07, 6.45) is 6.36. The number of piperidine rings is 1. The van der Waals surface area contributed by atoms with Crippen molar-refractivity contribution in [2.75, 3.05) is 19.6 Å². The Labute approximate surface area is 126 Å². The number of hydrogen-bond donors (Lipinski definition) is 2. The van der Waals surface area contributed by atoms with Gasteiger partial charge in [-0.3, -0.25) is 0 Å². The summed E-state index contributed by atoms with van der Waals surface area (Å²) in [5, 5.41) is 0. The number of rotatable bonds is 3. The maximum absolute atomic E-state index is 3.33. The van der Waals surface area contributed by atoms with Gasteiger partial charge in [0.25, 0.3) is 0 Å². The molecule has 0 spiro atoms. The molecule has 0 saturated carbocycles. The molecule has 1 aliphatic rings. The molecule has 2 aromatic rings. The highest BCUT2D eigenvalue weighted by Crippen LogP contribution is 2.04. The van der Waals surface area contributed by atoms with Crippen molar-refractivity contribution in [3.05, 3.63) is 30.6 Å². The Morgan fingerprint density at radius 3 is 2.58 bits per heavy atom. The Morgan fingerprint density at radius 1 is 1.05 bits per heavy atom. The van der Waals surface area contributed by atoms with E-state index in [2.05, 4.69) is 40.1 Å². The molecule has 0 unspecified atom stereocenters. The third-order valence-electron chi connectivity index (χ3n) is 3.86. The largest absolute Gasteiger partial charge is 1.00 e. The fourth-order valence-electron chi connectivity index (χ4n) is 2.83. The normalized spacial score (nSPS) is 15.8. The van der Waals surface area contributed by atoms with E-state index >= 15 is 0 Å². The Kier molecular flexibility index (Phi) is 6.63. The first-order valence-electron chi connectivity index (χ1n) is 6.72. The van der Waals surface area contributed by atoms with Crippen molar-refractivity contribution in [1.82, 2.24) is 4.98 Å². The van der Waals surface area contributed by atoms with Gasteiger partial charge in [-0.25, -0.2) is 9.55 Å². The van der Waals surface area contributed by atoms with E-state index in [-0.39, 0.29) is 24.8 Å². The predicted octanol–water partition coefficient (Wildman–Crippen LogP) is -5.47. The molecule has 106 valence electrons. The van der Waals surface area contributed by atoms with Crippen molar-refractivity contribution in [3.8, 4) is 0 Å². The third-order valence-corrected chi connectivity index (χ3v) is 3.86. The number of nitrogens with zero attached hydrogens (tertiary/aromatic N) is 1. The zero-order chi connectivity index (χ0) is 11.5. The van der Waals surface area contributed by atoms with Crippen LogP contribution in [0.15, 0.2) is 30.6 Å². The van der Waals surface area contributed by atoms with Crippen LogP contribution in [-0.2, 0) is 6.54 Å². The summed E-state index contributed by atoms with van der Waals surface area (Å²) in [6, 6.07) is 8.52. The second kappa shape index (κ2) is 7.73. The minimum atomic E-state index is 0. The zero-order valence-electron chi connectivity index (χ0n) is 11.0. The highest BCUT2D eigenvalue weighted by Gasteiger charge is 2.15. The molecule has 1 saturated heterocycles. The quantitative estimate of drug-likeness (QED) is 0.529. The van der Waals surface area contributed by atoms with Crippen molar-refractivity contribution in [2.24, 2.45) is 0 Å². The van der Waals surface area contributed by atoms with Gasteiger partial charge in [-0.05, 0) is 31.4 Å². The van der Waals surface area contributed by atoms with E-state index in [9.17, 15) is 0 Å². The van der Waals surface area contributed by atoms with Gasteiger partial charge in [-0.2, -0.15) is 0 Å². The van der Waals surface area contributed by atoms with Crippen molar-refractivity contribution < 1.29 is 34.3 Å². The number of aromatic amines is 1. The lowest BCUT2D eigenvalue weighted by Crippen LogP contribution is -3.13. The number of imidazole rings is 1. The second-order valence-electron chi connectivity index (χ2n) is 5.04. The van der Waals surface area contributed by atoms with E-state index in [4.69, 9.17) is 0 Å². The van der Waals surface area contributed by atoms with E-state index < -0.39 is 0 Å². The Morgan fingerprint density at radius 2 is 1.79 bits per heavy atom. The summed E-state index contributed by atoms with van der Waals surface area (Å²) in [5.41, 5.74) is 2.56. The maximum Gasteiger partial charge on any atom is 0.242 e. The van der Waals surface area contributed by atoms with Crippen LogP contribution in [0.5, 0.6) is 0 Å². The number of quaternary nitrogens is 1. The van der Waals surface area contributed by atoms with Crippen LogP contribution < -0.4 is 34.3 Å². The summed E-state index contributed by atoms with van der Waals surface area (Å²) in [6.45, 7) is 5.11. The fourth-order valence-corrected chi connectivity index (χ4v) is 2.83. The first kappa shape index (κ1) is 16.3. The molecular formula is C14H21Cl2N3. The third kappa shape index (κ3) is 3.85. The summed E-state index contributed by atoms with van der Waals surface area (Å²) >= 11 is 0. The average molecular weight is 302 g/mol. The molecule has 3 nitrogen and oxygen atoms in total. The topological polar surface area (TPSA) is 24.1 Å². The molecule has 1 aliphatic heterocycles. The van der Waals surface area contributed by atoms with Crippen LogP contribution in [0, 0.1) is 0 Å². The zero-order valence-corrected chi connectivity index (χ0v) is 12.6. The van der Waals surface area contributed by atoms with E-state index in [1.54, 1.807) is 4.90 Å². The molecule has 2 N–H and O–H groups in total. The number of nitrogens with one attached hydrogen (secondary N) is 2. The SMILES string of the molecule is [Cl-].[Cl-].c1ccc2c(c1)[nH]c[n+]2CC[NH+]1CCCCC1. The summed E-state index contributed by atoms with van der Waals surface area (Å²) in [4.78, 5) is 5.10. The minimum absolute atomic E-state index is 0. The van der Waals surface area contributed by atoms with Gasteiger partial charge in [0.05, 0.1) is 13.1 Å². The number of para-hydroxylation sites is 2. The number of likely N-dealkylation sites (tertiary alicyclic amines) is 1. The van der Waals surface area contributed by atoms with E-state index in [1.165, 1.54) is 49.9 Å². The monoisotopic (exact) mass is 301 g/mol. The summed E-state index contributed by atoms with van der Waals surface area (Å²) in [7, 11) is 0. The minimum Gasteiger partial charge on any atom is -1.00 e. The van der Waals surface area contributed by atoms with Crippen molar-refractivity contribution in [1.29, 1.82) is 0 Å². The van der Waals surface area contributed by atoms with Crippen LogP contribution >= 0.6 is 0 Å². The molecular weight excluding hydrogens is 281 g/mol. The molecule has 5 heteroatoms. The number of halogens is 2. The Balaban J connectivity index is 0.000000902. The number of H-pyrrole nitrogens is 1. The van der Waals surface area contributed by atoms with Crippen molar-refractivity contribution in [2.45, 2.75) is 25.8 Å². The molecule has 0 radical (unpaired) electrons. The van der Waals surface area contributed by atoms with Gasteiger partial charge in [0.15, 0.2) is 11.0 Å². The summed E-state index contributed by atoms with van der Waals surface area (Å²) < 4.78 is 2.34. The molecule has 1 aromatic heterocycles. The van der Waals surface area contributed by atoms with E-state index in [0.29, 0.717) is 0 Å². The lowest BCUT2D eigenvalue weighted by molar-refractivity contribution is -0.921. The first-order valence-corrected chi connectivity index (χ1v) is 6.72.